The first kappa shape index (κ1) is 8.85. The summed E-state index contributed by atoms with van der Waals surface area (Å²) >= 11 is 0. The highest BCUT2D eigenvalue weighted by molar-refractivity contribution is 5.15. The molecule has 0 amide bonds. The molecule has 1 nitrogen and oxygen atoms in total. The van der Waals surface area contributed by atoms with Crippen LogP contribution in [0.15, 0.2) is 42.7 Å². The molecule has 0 radical (unpaired) electrons. The van der Waals surface area contributed by atoms with E-state index in [0.29, 0.717) is 0 Å². The van der Waals surface area contributed by atoms with Crippen molar-refractivity contribution >= 4 is 0 Å². The fraction of sp³-hybridized carbons (Fsp3) is 0.273. The lowest BCUT2D eigenvalue weighted by Gasteiger charge is -2.03. The fourth-order valence-corrected chi connectivity index (χ4v) is 1.03. The molecule has 0 N–H and O–H groups in total. The summed E-state index contributed by atoms with van der Waals surface area (Å²) in [5.74, 6) is 0.846. The van der Waals surface area contributed by atoms with Gasteiger partial charge in [0, 0.05) is 6.42 Å². The highest BCUT2D eigenvalue weighted by Crippen LogP contribution is 2.07. The topological polar surface area (TPSA) is 9.23 Å². The monoisotopic (exact) mass is 162 g/mol. The maximum atomic E-state index is 4.98. The molecule has 0 aliphatic carbocycles. The van der Waals surface area contributed by atoms with Gasteiger partial charge >= 0.3 is 0 Å². The van der Waals surface area contributed by atoms with Gasteiger partial charge in [-0.15, -0.1) is 0 Å². The van der Waals surface area contributed by atoms with Gasteiger partial charge in [-0.2, -0.15) is 0 Å². The Kier molecular flexibility index (Phi) is 3.39. The Morgan fingerprint density at radius 2 is 2.00 bits per heavy atom. The third-order valence-corrected chi connectivity index (χ3v) is 1.82. The van der Waals surface area contributed by atoms with Crippen LogP contribution in [0.2, 0.25) is 0 Å². The van der Waals surface area contributed by atoms with E-state index in [1.807, 2.05) is 18.2 Å². The van der Waals surface area contributed by atoms with Gasteiger partial charge in [0.05, 0.1) is 12.9 Å². The summed E-state index contributed by atoms with van der Waals surface area (Å²) in [6, 6.07) is 10.3. The molecule has 64 valence electrons. The molecule has 0 saturated carbocycles. The molecular formula is C11H14O. The summed E-state index contributed by atoms with van der Waals surface area (Å²) in [4.78, 5) is 0. The first-order valence-electron chi connectivity index (χ1n) is 4.08. The molecule has 0 spiro atoms. The van der Waals surface area contributed by atoms with Crippen LogP contribution in [-0.4, -0.2) is 7.11 Å². The summed E-state index contributed by atoms with van der Waals surface area (Å²) < 4.78 is 4.98. The SMILES string of the molecule is C=C(CCc1ccccc1)OC. The van der Waals surface area contributed by atoms with Crippen LogP contribution in [0.3, 0.4) is 0 Å². The number of aryl methyl sites for hydroxylation is 1. The quantitative estimate of drug-likeness (QED) is 0.618. The Hall–Kier alpha value is -1.24. The van der Waals surface area contributed by atoms with Gasteiger partial charge in [0.25, 0.3) is 0 Å². The van der Waals surface area contributed by atoms with Gasteiger partial charge in [-0.25, -0.2) is 0 Å². The molecule has 1 aromatic carbocycles. The Labute approximate surface area is 73.7 Å². The van der Waals surface area contributed by atoms with Crippen molar-refractivity contribution in [3.63, 3.8) is 0 Å². The van der Waals surface area contributed by atoms with E-state index in [4.69, 9.17) is 4.74 Å². The average molecular weight is 162 g/mol. The highest BCUT2D eigenvalue weighted by Gasteiger charge is 1.94. The van der Waals surface area contributed by atoms with Crippen LogP contribution in [-0.2, 0) is 11.2 Å². The molecule has 0 aromatic heterocycles. The van der Waals surface area contributed by atoms with Gasteiger partial charge in [-0.3, -0.25) is 0 Å². The van der Waals surface area contributed by atoms with Gasteiger partial charge < -0.3 is 4.74 Å². The molecule has 12 heavy (non-hydrogen) atoms. The maximum Gasteiger partial charge on any atom is 0.0887 e. The second kappa shape index (κ2) is 4.60. The van der Waals surface area contributed by atoms with Crippen LogP contribution in [0.25, 0.3) is 0 Å². The van der Waals surface area contributed by atoms with Crippen molar-refractivity contribution in [3.8, 4) is 0 Å². The van der Waals surface area contributed by atoms with Crippen LogP contribution >= 0.6 is 0 Å². The third kappa shape index (κ3) is 2.79. The van der Waals surface area contributed by atoms with Crippen molar-refractivity contribution in [3.05, 3.63) is 48.2 Å². The van der Waals surface area contributed by atoms with Crippen molar-refractivity contribution in [1.82, 2.24) is 0 Å². The van der Waals surface area contributed by atoms with Gasteiger partial charge in [0.15, 0.2) is 0 Å². The molecular weight excluding hydrogens is 148 g/mol. The number of hydrogen-bond acceptors (Lipinski definition) is 1. The second-order valence-corrected chi connectivity index (χ2v) is 2.73. The first-order chi connectivity index (χ1) is 5.83. The van der Waals surface area contributed by atoms with E-state index in [9.17, 15) is 0 Å². The molecule has 0 unspecified atom stereocenters. The standard InChI is InChI=1S/C11H14O/c1-10(12-2)8-9-11-6-4-3-5-7-11/h3-7H,1,8-9H2,2H3. The highest BCUT2D eigenvalue weighted by atomic mass is 16.5. The Morgan fingerprint density at radius 3 is 2.58 bits per heavy atom. The lowest BCUT2D eigenvalue weighted by atomic mass is 10.1. The van der Waals surface area contributed by atoms with E-state index in [-0.39, 0.29) is 0 Å². The predicted molar refractivity (Wildman–Crippen MR) is 50.9 cm³/mol. The van der Waals surface area contributed by atoms with Crippen LogP contribution in [0.4, 0.5) is 0 Å². The summed E-state index contributed by atoms with van der Waals surface area (Å²) in [7, 11) is 1.66. The lowest BCUT2D eigenvalue weighted by Crippen LogP contribution is -1.89. The molecule has 0 atom stereocenters. The lowest BCUT2D eigenvalue weighted by molar-refractivity contribution is 0.279. The normalized spacial score (nSPS) is 9.42. The van der Waals surface area contributed by atoms with Crippen molar-refractivity contribution < 1.29 is 4.74 Å². The summed E-state index contributed by atoms with van der Waals surface area (Å²) in [6.45, 7) is 3.77. The predicted octanol–water partition coefficient (Wildman–Crippen LogP) is 2.78. The van der Waals surface area contributed by atoms with Gasteiger partial charge in [0.1, 0.15) is 0 Å². The molecule has 0 saturated heterocycles. The third-order valence-electron chi connectivity index (χ3n) is 1.82. The van der Waals surface area contributed by atoms with Crippen molar-refractivity contribution in [2.75, 3.05) is 7.11 Å². The minimum Gasteiger partial charge on any atom is -0.502 e. The summed E-state index contributed by atoms with van der Waals surface area (Å²) in [5.41, 5.74) is 1.33. The van der Waals surface area contributed by atoms with Crippen LogP contribution in [0, 0.1) is 0 Å². The summed E-state index contributed by atoms with van der Waals surface area (Å²) in [6.07, 6.45) is 1.91. The van der Waals surface area contributed by atoms with E-state index in [1.54, 1.807) is 7.11 Å². The molecule has 0 fully saturated rings. The zero-order chi connectivity index (χ0) is 8.81. The van der Waals surface area contributed by atoms with Crippen molar-refractivity contribution in [2.24, 2.45) is 0 Å². The zero-order valence-electron chi connectivity index (χ0n) is 7.42. The molecule has 0 heterocycles. The Balaban J connectivity index is 2.38. The van der Waals surface area contributed by atoms with Crippen LogP contribution in [0.1, 0.15) is 12.0 Å². The van der Waals surface area contributed by atoms with Gasteiger partial charge in [0.2, 0.25) is 0 Å². The molecule has 0 bridgehead atoms. The van der Waals surface area contributed by atoms with E-state index in [0.717, 1.165) is 18.6 Å². The minimum atomic E-state index is 0.846. The Morgan fingerprint density at radius 1 is 1.33 bits per heavy atom. The number of ether oxygens (including phenoxy) is 1. The number of rotatable bonds is 4. The Bertz CT molecular complexity index is 238. The second-order valence-electron chi connectivity index (χ2n) is 2.73. The molecule has 0 aliphatic heterocycles. The largest absolute Gasteiger partial charge is 0.502 e. The van der Waals surface area contributed by atoms with Gasteiger partial charge in [-0.05, 0) is 12.0 Å². The maximum absolute atomic E-state index is 4.98. The number of allylic oxidation sites excluding steroid dienone is 1. The zero-order valence-corrected chi connectivity index (χ0v) is 7.42. The molecule has 1 aromatic rings. The molecule has 1 rings (SSSR count). The number of methoxy groups -OCH3 is 1. The smallest absolute Gasteiger partial charge is 0.0887 e. The fourth-order valence-electron chi connectivity index (χ4n) is 1.03. The summed E-state index contributed by atoms with van der Waals surface area (Å²) in [5, 5.41) is 0. The van der Waals surface area contributed by atoms with Crippen LogP contribution < -0.4 is 0 Å². The number of hydrogen-bond donors (Lipinski definition) is 0. The van der Waals surface area contributed by atoms with E-state index >= 15 is 0 Å². The average Bonchev–Trinajstić information content (AvgIpc) is 2.16. The van der Waals surface area contributed by atoms with Crippen molar-refractivity contribution in [1.29, 1.82) is 0 Å². The van der Waals surface area contributed by atoms with Crippen LogP contribution in [0.5, 0.6) is 0 Å². The van der Waals surface area contributed by atoms with Gasteiger partial charge in [-0.1, -0.05) is 36.9 Å². The minimum absolute atomic E-state index is 0.846. The molecule has 0 aliphatic rings. The van der Waals surface area contributed by atoms with E-state index < -0.39 is 0 Å². The molecule has 1 heteroatoms. The van der Waals surface area contributed by atoms with E-state index in [2.05, 4.69) is 18.7 Å². The first-order valence-corrected chi connectivity index (χ1v) is 4.08. The number of benzene rings is 1. The van der Waals surface area contributed by atoms with Crippen molar-refractivity contribution in [2.45, 2.75) is 12.8 Å². The van der Waals surface area contributed by atoms with E-state index in [1.165, 1.54) is 5.56 Å².